The third-order valence-electron chi connectivity index (χ3n) is 4.47. The summed E-state index contributed by atoms with van der Waals surface area (Å²) in [7, 11) is 0. The summed E-state index contributed by atoms with van der Waals surface area (Å²) in [4.78, 5) is 2.62. The molecular formula is C15H27BrN4. The second kappa shape index (κ2) is 7.05. The third kappa shape index (κ3) is 3.26. The van der Waals surface area contributed by atoms with Gasteiger partial charge in [-0.15, -0.1) is 0 Å². The molecule has 2 rings (SSSR count). The van der Waals surface area contributed by atoms with Crippen LogP contribution in [0.2, 0.25) is 0 Å². The fraction of sp³-hybridized carbons (Fsp3) is 0.800. The fourth-order valence-electron chi connectivity index (χ4n) is 3.03. The van der Waals surface area contributed by atoms with Crippen molar-refractivity contribution >= 4 is 15.9 Å². The predicted molar refractivity (Wildman–Crippen MR) is 86.9 cm³/mol. The number of hydrogen-bond donors (Lipinski definition) is 1. The summed E-state index contributed by atoms with van der Waals surface area (Å²) in [5.41, 5.74) is 1.17. The van der Waals surface area contributed by atoms with Crippen LogP contribution in [0.4, 0.5) is 0 Å². The van der Waals surface area contributed by atoms with Crippen LogP contribution in [0.3, 0.4) is 0 Å². The van der Waals surface area contributed by atoms with E-state index in [0.29, 0.717) is 18.1 Å². The number of halogens is 1. The van der Waals surface area contributed by atoms with Gasteiger partial charge in [0.2, 0.25) is 0 Å². The highest BCUT2D eigenvalue weighted by atomic mass is 79.9. The van der Waals surface area contributed by atoms with Gasteiger partial charge in [0, 0.05) is 37.9 Å². The first-order valence-electron chi connectivity index (χ1n) is 7.82. The lowest BCUT2D eigenvalue weighted by Gasteiger charge is -2.43. The normalized spacial score (nSPS) is 25.9. The predicted octanol–water partition coefficient (Wildman–Crippen LogP) is 3.19. The molecule has 1 aliphatic heterocycles. The number of hydrogen-bond acceptors (Lipinski definition) is 3. The van der Waals surface area contributed by atoms with Crippen molar-refractivity contribution in [2.45, 2.75) is 65.2 Å². The van der Waals surface area contributed by atoms with Gasteiger partial charge in [0.1, 0.15) is 0 Å². The number of rotatable bonds is 5. The molecular weight excluding hydrogens is 316 g/mol. The minimum absolute atomic E-state index is 0.360. The van der Waals surface area contributed by atoms with Crippen molar-refractivity contribution in [2.75, 3.05) is 13.1 Å². The van der Waals surface area contributed by atoms with E-state index in [1.807, 2.05) is 4.68 Å². The van der Waals surface area contributed by atoms with Crippen LogP contribution in [0.1, 0.15) is 52.3 Å². The largest absolute Gasteiger partial charge is 0.311 e. The standard InChI is InChI=1S/C15H27BrN4/c1-5-12-9-20(13(6-2)8-17-12)11(4)15-14(16)10-19(7-3)18-15/h10-13,17H,5-9H2,1-4H3/t11?,12-,13+/m0/s1. The van der Waals surface area contributed by atoms with E-state index < -0.39 is 0 Å². The van der Waals surface area contributed by atoms with Crippen LogP contribution in [0.25, 0.3) is 0 Å². The van der Waals surface area contributed by atoms with E-state index in [4.69, 9.17) is 5.10 Å². The second-order valence-corrected chi connectivity index (χ2v) is 6.52. The van der Waals surface area contributed by atoms with Crippen molar-refractivity contribution in [3.63, 3.8) is 0 Å². The van der Waals surface area contributed by atoms with Crippen LogP contribution in [0.15, 0.2) is 10.7 Å². The average Bonchev–Trinajstić information content (AvgIpc) is 2.86. The van der Waals surface area contributed by atoms with Gasteiger partial charge < -0.3 is 5.32 Å². The molecule has 0 saturated carbocycles. The zero-order chi connectivity index (χ0) is 14.7. The van der Waals surface area contributed by atoms with E-state index in [0.717, 1.165) is 24.1 Å². The molecule has 114 valence electrons. The Hall–Kier alpha value is -0.390. The topological polar surface area (TPSA) is 33.1 Å². The van der Waals surface area contributed by atoms with Gasteiger partial charge in [-0.1, -0.05) is 13.8 Å². The van der Waals surface area contributed by atoms with Gasteiger partial charge in [-0.3, -0.25) is 9.58 Å². The zero-order valence-corrected chi connectivity index (χ0v) is 14.7. The summed E-state index contributed by atoms with van der Waals surface area (Å²) in [6.07, 6.45) is 4.45. The lowest BCUT2D eigenvalue weighted by Crippen LogP contribution is -2.56. The van der Waals surface area contributed by atoms with Crippen LogP contribution < -0.4 is 5.32 Å². The molecule has 1 saturated heterocycles. The van der Waals surface area contributed by atoms with Crippen molar-refractivity contribution in [3.8, 4) is 0 Å². The van der Waals surface area contributed by atoms with Crippen molar-refractivity contribution in [1.29, 1.82) is 0 Å². The Bertz CT molecular complexity index is 432. The Morgan fingerprint density at radius 3 is 2.70 bits per heavy atom. The van der Waals surface area contributed by atoms with Crippen LogP contribution in [-0.2, 0) is 6.54 Å². The Morgan fingerprint density at radius 1 is 1.40 bits per heavy atom. The maximum absolute atomic E-state index is 4.73. The molecule has 3 atom stereocenters. The van der Waals surface area contributed by atoms with Crippen molar-refractivity contribution in [1.82, 2.24) is 20.0 Å². The monoisotopic (exact) mass is 342 g/mol. The second-order valence-electron chi connectivity index (χ2n) is 5.67. The third-order valence-corrected chi connectivity index (χ3v) is 5.08. The molecule has 4 nitrogen and oxygen atoms in total. The molecule has 1 unspecified atom stereocenters. The lowest BCUT2D eigenvalue weighted by atomic mass is 10.0. The first-order valence-corrected chi connectivity index (χ1v) is 8.61. The van der Waals surface area contributed by atoms with E-state index in [-0.39, 0.29) is 0 Å². The fourth-order valence-corrected chi connectivity index (χ4v) is 3.68. The molecule has 5 heteroatoms. The molecule has 2 heterocycles. The van der Waals surface area contributed by atoms with Gasteiger partial charge in [-0.05, 0) is 42.6 Å². The van der Waals surface area contributed by atoms with Crippen molar-refractivity contribution < 1.29 is 0 Å². The smallest absolute Gasteiger partial charge is 0.0935 e. The van der Waals surface area contributed by atoms with E-state index in [9.17, 15) is 0 Å². The minimum atomic E-state index is 0.360. The highest BCUT2D eigenvalue weighted by Gasteiger charge is 2.31. The summed E-state index contributed by atoms with van der Waals surface area (Å²) < 4.78 is 3.14. The lowest BCUT2D eigenvalue weighted by molar-refractivity contribution is 0.0826. The number of nitrogens with one attached hydrogen (secondary N) is 1. The average molecular weight is 343 g/mol. The van der Waals surface area contributed by atoms with E-state index in [1.54, 1.807) is 0 Å². The Labute approximate surface area is 131 Å². The maximum atomic E-state index is 4.73. The van der Waals surface area contributed by atoms with Crippen LogP contribution in [-0.4, -0.2) is 39.9 Å². The summed E-state index contributed by atoms with van der Waals surface area (Å²) in [6, 6.07) is 1.57. The molecule has 0 amide bonds. The first-order chi connectivity index (χ1) is 9.60. The molecule has 1 fully saturated rings. The summed E-state index contributed by atoms with van der Waals surface area (Å²) >= 11 is 3.67. The van der Waals surface area contributed by atoms with E-state index in [2.05, 4.69) is 60.0 Å². The van der Waals surface area contributed by atoms with Crippen molar-refractivity contribution in [2.24, 2.45) is 0 Å². The molecule has 1 aromatic rings. The summed E-state index contributed by atoms with van der Waals surface area (Å²) in [6.45, 7) is 12.1. The quantitative estimate of drug-likeness (QED) is 0.891. The first kappa shape index (κ1) is 16.0. The summed E-state index contributed by atoms with van der Waals surface area (Å²) in [5.74, 6) is 0. The molecule has 1 N–H and O–H groups in total. The Morgan fingerprint density at radius 2 is 2.15 bits per heavy atom. The molecule has 1 aliphatic rings. The summed E-state index contributed by atoms with van der Waals surface area (Å²) in [5, 5.41) is 8.39. The molecule has 1 aromatic heterocycles. The van der Waals surface area contributed by atoms with Crippen molar-refractivity contribution in [3.05, 3.63) is 16.4 Å². The van der Waals surface area contributed by atoms with E-state index in [1.165, 1.54) is 18.5 Å². The van der Waals surface area contributed by atoms with Gasteiger partial charge in [0.25, 0.3) is 0 Å². The molecule has 20 heavy (non-hydrogen) atoms. The van der Waals surface area contributed by atoms with Gasteiger partial charge in [0.05, 0.1) is 16.2 Å². The van der Waals surface area contributed by atoms with Gasteiger partial charge in [-0.25, -0.2) is 0 Å². The van der Waals surface area contributed by atoms with Gasteiger partial charge in [-0.2, -0.15) is 5.10 Å². The Balaban J connectivity index is 2.19. The highest BCUT2D eigenvalue weighted by molar-refractivity contribution is 9.10. The molecule has 0 radical (unpaired) electrons. The molecule has 0 aliphatic carbocycles. The zero-order valence-electron chi connectivity index (χ0n) is 13.1. The molecule has 0 spiro atoms. The number of nitrogens with zero attached hydrogens (tertiary/aromatic N) is 3. The molecule has 0 aromatic carbocycles. The van der Waals surface area contributed by atoms with Gasteiger partial charge in [0.15, 0.2) is 0 Å². The Kier molecular flexibility index (Phi) is 5.64. The SMILES string of the molecule is CC[C@H]1CN(C(C)c2nn(CC)cc2Br)[C@H](CC)CN1. The van der Waals surface area contributed by atoms with Crippen LogP contribution in [0, 0.1) is 0 Å². The van der Waals surface area contributed by atoms with Crippen LogP contribution >= 0.6 is 15.9 Å². The minimum Gasteiger partial charge on any atom is -0.311 e. The van der Waals surface area contributed by atoms with Gasteiger partial charge >= 0.3 is 0 Å². The molecule has 0 bridgehead atoms. The maximum Gasteiger partial charge on any atom is 0.0935 e. The number of aromatic nitrogens is 2. The highest BCUT2D eigenvalue weighted by Crippen LogP contribution is 2.30. The number of piperazine rings is 1. The number of aryl methyl sites for hydroxylation is 1. The van der Waals surface area contributed by atoms with E-state index >= 15 is 0 Å². The van der Waals surface area contributed by atoms with Crippen LogP contribution in [0.5, 0.6) is 0 Å².